The van der Waals surface area contributed by atoms with Crippen LogP contribution < -0.4 is 10.1 Å². The number of hydrogen-bond acceptors (Lipinski definition) is 4. The van der Waals surface area contributed by atoms with E-state index in [-0.39, 0.29) is 23.8 Å². The molecule has 1 aromatic carbocycles. The number of pyridine rings is 1. The molecule has 1 saturated heterocycles. The molecule has 2 amide bonds. The van der Waals surface area contributed by atoms with Crippen LogP contribution in [0.15, 0.2) is 48.7 Å². The second kappa shape index (κ2) is 10.8. The van der Waals surface area contributed by atoms with Crippen LogP contribution >= 0.6 is 0 Å². The number of likely N-dealkylation sites (tertiary alicyclic amines) is 1. The molecule has 1 atom stereocenters. The summed E-state index contributed by atoms with van der Waals surface area (Å²) in [4.78, 5) is 31.0. The topological polar surface area (TPSA) is 71.5 Å². The van der Waals surface area contributed by atoms with Crippen molar-refractivity contribution in [1.82, 2.24) is 15.2 Å². The Kier molecular flexibility index (Phi) is 7.82. The van der Waals surface area contributed by atoms with Gasteiger partial charge in [0, 0.05) is 44.4 Å². The number of hydrogen-bond donors (Lipinski definition) is 1. The van der Waals surface area contributed by atoms with Gasteiger partial charge in [0.2, 0.25) is 11.8 Å². The highest BCUT2D eigenvalue weighted by Gasteiger charge is 2.29. The molecule has 6 heteroatoms. The Balaban J connectivity index is 1.42. The van der Waals surface area contributed by atoms with Crippen molar-refractivity contribution in [3.05, 3.63) is 59.9 Å². The molecule has 1 aliphatic heterocycles. The first kappa shape index (κ1) is 21.8. The normalized spacial score (nSPS) is 16.6. The van der Waals surface area contributed by atoms with E-state index in [1.165, 1.54) is 0 Å². The van der Waals surface area contributed by atoms with Crippen molar-refractivity contribution in [2.75, 3.05) is 19.6 Å². The van der Waals surface area contributed by atoms with Gasteiger partial charge < -0.3 is 15.0 Å². The fourth-order valence-electron chi connectivity index (χ4n) is 3.62. The van der Waals surface area contributed by atoms with Crippen LogP contribution in [0.1, 0.15) is 37.9 Å². The molecule has 0 aliphatic carbocycles. The van der Waals surface area contributed by atoms with Crippen molar-refractivity contribution in [3.63, 3.8) is 0 Å². The molecule has 2 heterocycles. The van der Waals surface area contributed by atoms with E-state index in [1.807, 2.05) is 56.3 Å². The van der Waals surface area contributed by atoms with Crippen LogP contribution in [-0.2, 0) is 22.4 Å². The Bertz CT molecular complexity index is 821. The molecule has 1 aromatic heterocycles. The van der Waals surface area contributed by atoms with Gasteiger partial charge in [-0.05, 0) is 56.5 Å². The minimum Gasteiger partial charge on any atom is -0.491 e. The smallest absolute Gasteiger partial charge is 0.224 e. The van der Waals surface area contributed by atoms with E-state index in [4.69, 9.17) is 4.74 Å². The number of ether oxygens (including phenoxy) is 1. The third-order valence-electron chi connectivity index (χ3n) is 5.24. The number of aromatic nitrogens is 1. The number of benzene rings is 1. The second-order valence-corrected chi connectivity index (χ2v) is 8.00. The lowest BCUT2D eigenvalue weighted by atomic mass is 9.96. The first-order valence-electron chi connectivity index (χ1n) is 10.7. The van der Waals surface area contributed by atoms with Gasteiger partial charge in [0.05, 0.1) is 12.0 Å². The summed E-state index contributed by atoms with van der Waals surface area (Å²) in [7, 11) is 0. The quantitative estimate of drug-likeness (QED) is 0.691. The first-order valence-corrected chi connectivity index (χ1v) is 10.7. The van der Waals surface area contributed by atoms with E-state index in [0.717, 1.165) is 23.4 Å². The Labute approximate surface area is 178 Å². The molecular weight excluding hydrogens is 378 g/mol. The molecule has 1 aliphatic rings. The van der Waals surface area contributed by atoms with Crippen LogP contribution in [0.3, 0.4) is 0 Å². The Morgan fingerprint density at radius 2 is 2.00 bits per heavy atom. The summed E-state index contributed by atoms with van der Waals surface area (Å²) >= 11 is 0. The molecule has 160 valence electrons. The molecule has 1 unspecified atom stereocenters. The third-order valence-corrected chi connectivity index (χ3v) is 5.24. The molecule has 6 nitrogen and oxygen atoms in total. The summed E-state index contributed by atoms with van der Waals surface area (Å²) in [5.74, 6) is 0.868. The minimum atomic E-state index is -0.145. The highest BCUT2D eigenvalue weighted by atomic mass is 16.5. The largest absolute Gasteiger partial charge is 0.491 e. The zero-order valence-corrected chi connectivity index (χ0v) is 17.8. The van der Waals surface area contributed by atoms with E-state index in [1.54, 1.807) is 11.1 Å². The third kappa shape index (κ3) is 6.58. The number of nitrogens with zero attached hydrogens (tertiary/aromatic N) is 2. The number of amides is 2. The van der Waals surface area contributed by atoms with Crippen LogP contribution in [0.4, 0.5) is 0 Å². The zero-order chi connectivity index (χ0) is 21.3. The molecule has 0 radical (unpaired) electrons. The molecular formula is C24H31N3O3. The monoisotopic (exact) mass is 409 g/mol. The van der Waals surface area contributed by atoms with E-state index < -0.39 is 0 Å². The molecule has 3 rings (SSSR count). The molecule has 1 N–H and O–H groups in total. The van der Waals surface area contributed by atoms with Gasteiger partial charge in [-0.3, -0.25) is 14.6 Å². The van der Waals surface area contributed by atoms with Gasteiger partial charge >= 0.3 is 0 Å². The lowest BCUT2D eigenvalue weighted by Gasteiger charge is -2.32. The van der Waals surface area contributed by atoms with Crippen LogP contribution in [0, 0.1) is 5.92 Å². The summed E-state index contributed by atoms with van der Waals surface area (Å²) in [6.07, 6.45) is 4.43. The minimum absolute atomic E-state index is 0.0325. The van der Waals surface area contributed by atoms with E-state index in [2.05, 4.69) is 10.3 Å². The molecule has 0 spiro atoms. The summed E-state index contributed by atoms with van der Waals surface area (Å²) in [5.41, 5.74) is 2.11. The average molecular weight is 410 g/mol. The van der Waals surface area contributed by atoms with Crippen LogP contribution in [0.25, 0.3) is 0 Å². The van der Waals surface area contributed by atoms with Crippen LogP contribution in [0.5, 0.6) is 5.75 Å². The van der Waals surface area contributed by atoms with E-state index >= 15 is 0 Å². The molecule has 2 aromatic rings. The van der Waals surface area contributed by atoms with Gasteiger partial charge in [-0.25, -0.2) is 0 Å². The number of carbonyl (C=O) groups is 2. The SMILES string of the molecule is CC(C)Oc1ccc(CCNC(=O)C2CCC(=O)N(CCc3ccccn3)C2)cc1. The summed E-state index contributed by atoms with van der Waals surface area (Å²) in [6, 6.07) is 13.8. The fraction of sp³-hybridized carbons (Fsp3) is 0.458. The second-order valence-electron chi connectivity index (χ2n) is 8.00. The van der Waals surface area contributed by atoms with Crippen molar-refractivity contribution in [1.29, 1.82) is 0 Å². The highest BCUT2D eigenvalue weighted by molar-refractivity contribution is 5.83. The Morgan fingerprint density at radius 3 is 2.70 bits per heavy atom. The summed E-state index contributed by atoms with van der Waals surface area (Å²) in [5, 5.41) is 3.04. The molecule has 30 heavy (non-hydrogen) atoms. The van der Waals surface area contributed by atoms with Crippen molar-refractivity contribution in [2.45, 2.75) is 45.6 Å². The van der Waals surface area contributed by atoms with Gasteiger partial charge in [0.25, 0.3) is 0 Å². The lowest BCUT2D eigenvalue weighted by Crippen LogP contribution is -2.46. The standard InChI is InChI=1S/C24H31N3O3/c1-18(2)30-22-9-6-19(7-10-22)12-15-26-24(29)20-8-11-23(28)27(17-20)16-13-21-5-3-4-14-25-21/h3-7,9-10,14,18,20H,8,11-13,15-17H2,1-2H3,(H,26,29). The van der Waals surface area contributed by atoms with Crippen molar-refractivity contribution < 1.29 is 14.3 Å². The van der Waals surface area contributed by atoms with Crippen molar-refractivity contribution >= 4 is 11.8 Å². The number of piperidine rings is 1. The summed E-state index contributed by atoms with van der Waals surface area (Å²) in [6.45, 7) is 5.68. The Hall–Kier alpha value is -2.89. The zero-order valence-electron chi connectivity index (χ0n) is 17.8. The van der Waals surface area contributed by atoms with Crippen molar-refractivity contribution in [2.24, 2.45) is 5.92 Å². The summed E-state index contributed by atoms with van der Waals surface area (Å²) < 4.78 is 5.65. The fourth-order valence-corrected chi connectivity index (χ4v) is 3.62. The predicted molar refractivity (Wildman–Crippen MR) is 116 cm³/mol. The van der Waals surface area contributed by atoms with E-state index in [9.17, 15) is 9.59 Å². The first-order chi connectivity index (χ1) is 14.5. The lowest BCUT2D eigenvalue weighted by molar-refractivity contribution is -0.138. The molecule has 0 saturated carbocycles. The number of nitrogens with one attached hydrogen (secondary N) is 1. The number of rotatable bonds is 9. The average Bonchev–Trinajstić information content (AvgIpc) is 2.74. The molecule has 0 bridgehead atoms. The molecule has 1 fully saturated rings. The predicted octanol–water partition coefficient (Wildman–Crippen LogP) is 3.01. The van der Waals surface area contributed by atoms with Gasteiger partial charge in [-0.2, -0.15) is 0 Å². The van der Waals surface area contributed by atoms with Crippen LogP contribution in [0.2, 0.25) is 0 Å². The Morgan fingerprint density at radius 1 is 1.20 bits per heavy atom. The van der Waals surface area contributed by atoms with Gasteiger partial charge in [-0.1, -0.05) is 18.2 Å². The highest BCUT2D eigenvalue weighted by Crippen LogP contribution is 2.18. The maximum atomic E-state index is 12.6. The van der Waals surface area contributed by atoms with Crippen LogP contribution in [-0.4, -0.2) is 47.4 Å². The number of carbonyl (C=O) groups excluding carboxylic acids is 2. The van der Waals surface area contributed by atoms with Gasteiger partial charge in [0.1, 0.15) is 5.75 Å². The van der Waals surface area contributed by atoms with Gasteiger partial charge in [-0.15, -0.1) is 0 Å². The van der Waals surface area contributed by atoms with Gasteiger partial charge in [0.15, 0.2) is 0 Å². The van der Waals surface area contributed by atoms with Crippen molar-refractivity contribution in [3.8, 4) is 5.75 Å². The maximum absolute atomic E-state index is 12.6. The maximum Gasteiger partial charge on any atom is 0.224 e. The van der Waals surface area contributed by atoms with E-state index in [0.29, 0.717) is 38.9 Å².